The summed E-state index contributed by atoms with van der Waals surface area (Å²) in [6, 6.07) is 7.82. The van der Waals surface area contributed by atoms with E-state index in [1.807, 2.05) is 24.3 Å². The van der Waals surface area contributed by atoms with E-state index in [9.17, 15) is 0 Å². The fourth-order valence-electron chi connectivity index (χ4n) is 1.89. The van der Waals surface area contributed by atoms with Crippen molar-refractivity contribution in [1.82, 2.24) is 9.97 Å². The van der Waals surface area contributed by atoms with Crippen LogP contribution in [0.1, 0.15) is 6.92 Å². The van der Waals surface area contributed by atoms with Gasteiger partial charge in [-0.05, 0) is 18.1 Å². The Labute approximate surface area is 112 Å². The van der Waals surface area contributed by atoms with Gasteiger partial charge >= 0.3 is 0 Å². The zero-order chi connectivity index (χ0) is 13.7. The number of aromatic nitrogens is 2. The van der Waals surface area contributed by atoms with Crippen molar-refractivity contribution in [3.63, 3.8) is 0 Å². The minimum Gasteiger partial charge on any atom is -0.384 e. The zero-order valence-electron chi connectivity index (χ0n) is 11.2. The molecule has 0 aliphatic heterocycles. The molecule has 0 aliphatic rings. The van der Waals surface area contributed by atoms with Crippen LogP contribution in [0.3, 0.4) is 0 Å². The smallest absolute Gasteiger partial charge is 0.239 e. The molecule has 0 saturated carbocycles. The number of nitrogens with two attached hydrogens (primary N) is 1. The molecule has 0 saturated heterocycles. The van der Waals surface area contributed by atoms with Gasteiger partial charge in [-0.25, -0.2) is 10.8 Å². The maximum atomic E-state index is 5.39. The largest absolute Gasteiger partial charge is 0.384 e. The number of nitrogen functional groups attached to an aromatic ring is 1. The molecule has 1 atom stereocenters. The van der Waals surface area contributed by atoms with Gasteiger partial charge in [0, 0.05) is 19.0 Å². The fraction of sp³-hybridized carbons (Fsp3) is 0.385. The number of hydrazine groups is 1. The van der Waals surface area contributed by atoms with Gasteiger partial charge in [0.25, 0.3) is 0 Å². The Morgan fingerprint density at radius 1 is 1.32 bits per heavy atom. The molecule has 2 aromatic rings. The lowest BCUT2D eigenvalue weighted by Gasteiger charge is -2.14. The van der Waals surface area contributed by atoms with Crippen LogP contribution in [0.15, 0.2) is 24.3 Å². The Balaban J connectivity index is 2.25. The van der Waals surface area contributed by atoms with E-state index in [2.05, 4.69) is 27.6 Å². The molecule has 1 unspecified atom stereocenters. The first-order valence-electron chi connectivity index (χ1n) is 6.20. The second kappa shape index (κ2) is 6.31. The Bertz CT molecular complexity index is 546. The second-order valence-corrected chi connectivity index (χ2v) is 4.50. The van der Waals surface area contributed by atoms with Crippen molar-refractivity contribution < 1.29 is 4.74 Å². The normalized spacial score (nSPS) is 12.4. The second-order valence-electron chi connectivity index (χ2n) is 4.50. The lowest BCUT2D eigenvalue weighted by atomic mass is 10.2. The number of rotatable bonds is 6. The summed E-state index contributed by atoms with van der Waals surface area (Å²) in [7, 11) is 1.70. The maximum absolute atomic E-state index is 5.39. The highest BCUT2D eigenvalue weighted by Crippen LogP contribution is 2.21. The van der Waals surface area contributed by atoms with Crippen LogP contribution in [-0.2, 0) is 4.74 Å². The summed E-state index contributed by atoms with van der Waals surface area (Å²) >= 11 is 0. The zero-order valence-corrected chi connectivity index (χ0v) is 11.2. The summed E-state index contributed by atoms with van der Waals surface area (Å²) in [4.78, 5) is 8.66. The monoisotopic (exact) mass is 261 g/mol. The Morgan fingerprint density at radius 3 is 2.84 bits per heavy atom. The number of fused-ring (bicyclic) bond motifs is 1. The van der Waals surface area contributed by atoms with Gasteiger partial charge in [0.05, 0.1) is 12.1 Å². The van der Waals surface area contributed by atoms with Crippen molar-refractivity contribution in [2.45, 2.75) is 6.92 Å². The average Bonchev–Trinajstić information content (AvgIpc) is 2.44. The van der Waals surface area contributed by atoms with E-state index in [1.165, 1.54) is 0 Å². The van der Waals surface area contributed by atoms with E-state index >= 15 is 0 Å². The minimum absolute atomic E-state index is 0.396. The number of nitrogens with zero attached hydrogens (tertiary/aromatic N) is 2. The third kappa shape index (κ3) is 3.30. The SMILES string of the molecule is COCC(C)CNc1nc(NN)nc2ccccc12. The molecule has 4 N–H and O–H groups in total. The predicted molar refractivity (Wildman–Crippen MR) is 76.9 cm³/mol. The van der Waals surface area contributed by atoms with Crippen LogP contribution in [0, 0.1) is 5.92 Å². The topological polar surface area (TPSA) is 85.1 Å². The quantitative estimate of drug-likeness (QED) is 0.541. The number of benzene rings is 1. The molecule has 6 heteroatoms. The van der Waals surface area contributed by atoms with E-state index in [0.29, 0.717) is 18.5 Å². The minimum atomic E-state index is 0.396. The molecule has 0 aliphatic carbocycles. The van der Waals surface area contributed by atoms with E-state index in [4.69, 9.17) is 10.6 Å². The van der Waals surface area contributed by atoms with Gasteiger partial charge in [-0.1, -0.05) is 19.1 Å². The van der Waals surface area contributed by atoms with Crippen molar-refractivity contribution in [2.75, 3.05) is 31.0 Å². The van der Waals surface area contributed by atoms with Gasteiger partial charge in [-0.2, -0.15) is 4.98 Å². The molecule has 0 amide bonds. The molecule has 2 rings (SSSR count). The predicted octanol–water partition coefficient (Wildman–Crippen LogP) is 1.61. The van der Waals surface area contributed by atoms with E-state index in [-0.39, 0.29) is 0 Å². The highest BCUT2D eigenvalue weighted by Gasteiger charge is 2.08. The number of hydrogen-bond acceptors (Lipinski definition) is 6. The molecule has 1 aromatic heterocycles. The first-order valence-corrected chi connectivity index (χ1v) is 6.20. The summed E-state index contributed by atoms with van der Waals surface area (Å²) in [5, 5.41) is 4.30. The van der Waals surface area contributed by atoms with Crippen LogP contribution < -0.4 is 16.6 Å². The highest BCUT2D eigenvalue weighted by atomic mass is 16.5. The number of ether oxygens (including phenoxy) is 1. The lowest BCUT2D eigenvalue weighted by Crippen LogP contribution is -2.18. The summed E-state index contributed by atoms with van der Waals surface area (Å²) in [6.45, 7) is 3.60. The summed E-state index contributed by atoms with van der Waals surface area (Å²) in [5.41, 5.74) is 3.34. The summed E-state index contributed by atoms with van der Waals surface area (Å²) in [5.74, 6) is 6.97. The van der Waals surface area contributed by atoms with Crippen molar-refractivity contribution in [2.24, 2.45) is 11.8 Å². The van der Waals surface area contributed by atoms with E-state index < -0.39 is 0 Å². The van der Waals surface area contributed by atoms with Crippen LogP contribution in [0.4, 0.5) is 11.8 Å². The molecular weight excluding hydrogens is 242 g/mol. The van der Waals surface area contributed by atoms with Gasteiger partial charge in [-0.15, -0.1) is 0 Å². The molecule has 102 valence electrons. The third-order valence-corrected chi connectivity index (χ3v) is 2.80. The van der Waals surface area contributed by atoms with Crippen molar-refractivity contribution in [3.05, 3.63) is 24.3 Å². The maximum Gasteiger partial charge on any atom is 0.239 e. The molecule has 0 radical (unpaired) electrons. The van der Waals surface area contributed by atoms with Gasteiger partial charge in [0.2, 0.25) is 5.95 Å². The molecule has 19 heavy (non-hydrogen) atoms. The van der Waals surface area contributed by atoms with Crippen molar-refractivity contribution in [3.8, 4) is 0 Å². The highest BCUT2D eigenvalue weighted by molar-refractivity contribution is 5.89. The molecular formula is C13H19N5O. The molecule has 1 heterocycles. The van der Waals surface area contributed by atoms with Crippen LogP contribution in [-0.4, -0.2) is 30.2 Å². The molecule has 6 nitrogen and oxygen atoms in total. The third-order valence-electron chi connectivity index (χ3n) is 2.80. The Morgan fingerprint density at radius 2 is 2.11 bits per heavy atom. The van der Waals surface area contributed by atoms with Crippen LogP contribution in [0.25, 0.3) is 10.9 Å². The number of para-hydroxylation sites is 1. The van der Waals surface area contributed by atoms with Gasteiger partial charge < -0.3 is 10.1 Å². The van der Waals surface area contributed by atoms with E-state index in [0.717, 1.165) is 23.3 Å². The molecule has 0 fully saturated rings. The molecule has 0 bridgehead atoms. The van der Waals surface area contributed by atoms with Crippen LogP contribution in [0.5, 0.6) is 0 Å². The first kappa shape index (κ1) is 13.5. The summed E-state index contributed by atoms with van der Waals surface area (Å²) < 4.78 is 5.12. The fourth-order valence-corrected chi connectivity index (χ4v) is 1.89. The van der Waals surface area contributed by atoms with Crippen molar-refractivity contribution in [1.29, 1.82) is 0 Å². The van der Waals surface area contributed by atoms with Gasteiger partial charge in [0.1, 0.15) is 5.82 Å². The Hall–Kier alpha value is -1.92. The van der Waals surface area contributed by atoms with E-state index in [1.54, 1.807) is 7.11 Å². The van der Waals surface area contributed by atoms with Crippen molar-refractivity contribution >= 4 is 22.7 Å². The van der Waals surface area contributed by atoms with Gasteiger partial charge in [-0.3, -0.25) is 5.43 Å². The van der Waals surface area contributed by atoms with Crippen LogP contribution in [0.2, 0.25) is 0 Å². The average molecular weight is 261 g/mol. The standard InChI is InChI=1S/C13H19N5O/c1-9(8-19-2)7-15-12-10-5-3-4-6-11(10)16-13(17-12)18-14/h3-6,9H,7-8,14H2,1-2H3,(H2,15,16,17,18). The van der Waals surface area contributed by atoms with Crippen LogP contribution >= 0.6 is 0 Å². The number of anilines is 2. The lowest BCUT2D eigenvalue weighted by molar-refractivity contribution is 0.164. The number of nitrogens with one attached hydrogen (secondary N) is 2. The first-order chi connectivity index (χ1) is 9.24. The molecule has 0 spiro atoms. The summed E-state index contributed by atoms with van der Waals surface area (Å²) in [6.07, 6.45) is 0. The number of hydrogen-bond donors (Lipinski definition) is 3. The molecule has 1 aromatic carbocycles. The number of methoxy groups -OCH3 is 1. The Kier molecular flexibility index (Phi) is 4.48. The van der Waals surface area contributed by atoms with Gasteiger partial charge in [0.15, 0.2) is 0 Å².